The number of halogens is 1. The Bertz CT molecular complexity index is 158. The third-order valence-corrected chi connectivity index (χ3v) is 3.94. The van der Waals surface area contributed by atoms with Gasteiger partial charge in [-0.05, 0) is 57.5 Å². The summed E-state index contributed by atoms with van der Waals surface area (Å²) in [6.07, 6.45) is 8.90. The highest BCUT2D eigenvalue weighted by molar-refractivity contribution is 4.81. The number of hydrogen-bond acceptors (Lipinski definition) is 1. The van der Waals surface area contributed by atoms with Gasteiger partial charge in [0.25, 0.3) is 0 Å². The van der Waals surface area contributed by atoms with E-state index in [1.54, 1.807) is 0 Å². The summed E-state index contributed by atoms with van der Waals surface area (Å²) in [5.74, 6) is 0.385. The molecule has 0 spiro atoms. The number of rotatable bonds is 2. The SMILES string of the molecule is FCC1CCC(N2CCCCC2)CC1. The zero-order valence-electron chi connectivity index (χ0n) is 9.05. The predicted molar refractivity (Wildman–Crippen MR) is 57.1 cm³/mol. The fraction of sp³-hybridized carbons (Fsp3) is 1.00. The van der Waals surface area contributed by atoms with Gasteiger partial charge in [0, 0.05) is 6.04 Å². The molecule has 0 aromatic heterocycles. The molecular formula is C12H22FN. The molecule has 1 saturated carbocycles. The van der Waals surface area contributed by atoms with Crippen molar-refractivity contribution in [1.29, 1.82) is 0 Å². The second-order valence-electron chi connectivity index (χ2n) is 4.93. The number of piperidine rings is 1. The average molecular weight is 199 g/mol. The van der Waals surface area contributed by atoms with E-state index in [1.165, 1.54) is 45.2 Å². The van der Waals surface area contributed by atoms with E-state index >= 15 is 0 Å². The van der Waals surface area contributed by atoms with Gasteiger partial charge in [0.15, 0.2) is 0 Å². The molecule has 0 radical (unpaired) electrons. The molecule has 0 aromatic rings. The van der Waals surface area contributed by atoms with Crippen molar-refractivity contribution in [3.8, 4) is 0 Å². The van der Waals surface area contributed by atoms with Crippen molar-refractivity contribution in [2.24, 2.45) is 5.92 Å². The van der Waals surface area contributed by atoms with Gasteiger partial charge in [-0.3, -0.25) is 4.39 Å². The van der Waals surface area contributed by atoms with E-state index in [9.17, 15) is 4.39 Å². The molecule has 82 valence electrons. The van der Waals surface area contributed by atoms with Crippen LogP contribution in [0.3, 0.4) is 0 Å². The molecule has 2 aliphatic rings. The molecule has 1 heterocycles. The van der Waals surface area contributed by atoms with Crippen LogP contribution >= 0.6 is 0 Å². The second-order valence-corrected chi connectivity index (χ2v) is 4.93. The summed E-state index contributed by atoms with van der Waals surface area (Å²) in [7, 11) is 0. The maximum atomic E-state index is 12.4. The highest BCUT2D eigenvalue weighted by Gasteiger charge is 2.26. The lowest BCUT2D eigenvalue weighted by Crippen LogP contribution is -2.41. The van der Waals surface area contributed by atoms with E-state index in [0.717, 1.165) is 18.9 Å². The van der Waals surface area contributed by atoms with Gasteiger partial charge in [-0.25, -0.2) is 0 Å². The molecule has 0 atom stereocenters. The highest BCUT2D eigenvalue weighted by atomic mass is 19.1. The summed E-state index contributed by atoms with van der Waals surface area (Å²) in [4.78, 5) is 2.65. The smallest absolute Gasteiger partial charge is 0.0922 e. The van der Waals surface area contributed by atoms with Crippen molar-refractivity contribution < 1.29 is 4.39 Å². The van der Waals surface area contributed by atoms with E-state index in [2.05, 4.69) is 4.90 Å². The molecule has 0 aromatic carbocycles. The standard InChI is InChI=1S/C12H22FN/c13-10-11-4-6-12(7-5-11)14-8-2-1-3-9-14/h11-12H,1-10H2. The Balaban J connectivity index is 1.76. The molecule has 1 saturated heterocycles. The van der Waals surface area contributed by atoms with Crippen LogP contribution in [0.4, 0.5) is 4.39 Å². The monoisotopic (exact) mass is 199 g/mol. The maximum Gasteiger partial charge on any atom is 0.0922 e. The number of nitrogens with zero attached hydrogens (tertiary/aromatic N) is 1. The Morgan fingerprint density at radius 3 is 2.14 bits per heavy atom. The van der Waals surface area contributed by atoms with E-state index in [1.807, 2.05) is 0 Å². The van der Waals surface area contributed by atoms with Gasteiger partial charge in [0.1, 0.15) is 0 Å². The first kappa shape index (κ1) is 10.4. The Kier molecular flexibility index (Phi) is 3.80. The van der Waals surface area contributed by atoms with Crippen molar-refractivity contribution in [3.05, 3.63) is 0 Å². The van der Waals surface area contributed by atoms with Gasteiger partial charge in [-0.2, -0.15) is 0 Å². The Hall–Kier alpha value is -0.110. The fourth-order valence-corrected chi connectivity index (χ4v) is 2.95. The first-order valence-electron chi connectivity index (χ1n) is 6.20. The van der Waals surface area contributed by atoms with Crippen molar-refractivity contribution in [1.82, 2.24) is 4.90 Å². The van der Waals surface area contributed by atoms with Gasteiger partial charge < -0.3 is 4.90 Å². The molecule has 1 aliphatic carbocycles. The van der Waals surface area contributed by atoms with Crippen molar-refractivity contribution in [3.63, 3.8) is 0 Å². The lowest BCUT2D eigenvalue weighted by Gasteiger charge is -2.38. The Labute approximate surface area is 86.7 Å². The zero-order valence-corrected chi connectivity index (χ0v) is 9.05. The first-order valence-corrected chi connectivity index (χ1v) is 6.20. The summed E-state index contributed by atoms with van der Waals surface area (Å²) in [5.41, 5.74) is 0. The zero-order chi connectivity index (χ0) is 9.80. The number of hydrogen-bond donors (Lipinski definition) is 0. The minimum Gasteiger partial charge on any atom is -0.300 e. The lowest BCUT2D eigenvalue weighted by molar-refractivity contribution is 0.108. The van der Waals surface area contributed by atoms with Crippen LogP contribution in [0.2, 0.25) is 0 Å². The largest absolute Gasteiger partial charge is 0.300 e. The van der Waals surface area contributed by atoms with E-state index in [4.69, 9.17) is 0 Å². The summed E-state index contributed by atoms with van der Waals surface area (Å²) < 4.78 is 12.4. The number of likely N-dealkylation sites (tertiary alicyclic amines) is 1. The summed E-state index contributed by atoms with van der Waals surface area (Å²) in [5, 5.41) is 0. The molecule has 2 rings (SSSR count). The predicted octanol–water partition coefficient (Wildman–Crippen LogP) is 3.00. The summed E-state index contributed by atoms with van der Waals surface area (Å²) in [6, 6.07) is 0.790. The fourth-order valence-electron chi connectivity index (χ4n) is 2.95. The first-order chi connectivity index (χ1) is 6.90. The molecule has 2 fully saturated rings. The minimum absolute atomic E-state index is 0.0906. The van der Waals surface area contributed by atoms with Crippen LogP contribution in [0, 0.1) is 5.92 Å². The quantitative estimate of drug-likeness (QED) is 0.661. The van der Waals surface area contributed by atoms with Crippen LogP contribution < -0.4 is 0 Å². The second kappa shape index (κ2) is 5.11. The molecule has 0 amide bonds. The van der Waals surface area contributed by atoms with Crippen LogP contribution in [-0.2, 0) is 0 Å². The van der Waals surface area contributed by atoms with Crippen molar-refractivity contribution in [2.75, 3.05) is 19.8 Å². The third-order valence-electron chi connectivity index (χ3n) is 3.94. The van der Waals surface area contributed by atoms with Gasteiger partial charge in [-0.15, -0.1) is 0 Å². The van der Waals surface area contributed by atoms with Gasteiger partial charge in [0.2, 0.25) is 0 Å². The van der Waals surface area contributed by atoms with Crippen LogP contribution in [0.1, 0.15) is 44.9 Å². The van der Waals surface area contributed by atoms with Crippen molar-refractivity contribution >= 4 is 0 Å². The molecular weight excluding hydrogens is 177 g/mol. The minimum atomic E-state index is -0.0906. The summed E-state index contributed by atoms with van der Waals surface area (Å²) >= 11 is 0. The van der Waals surface area contributed by atoms with Crippen LogP contribution in [0.15, 0.2) is 0 Å². The molecule has 14 heavy (non-hydrogen) atoms. The van der Waals surface area contributed by atoms with E-state index in [0.29, 0.717) is 5.92 Å². The summed E-state index contributed by atoms with van der Waals surface area (Å²) in [6.45, 7) is 2.50. The van der Waals surface area contributed by atoms with Gasteiger partial charge >= 0.3 is 0 Å². The average Bonchev–Trinajstić information content (AvgIpc) is 2.30. The topological polar surface area (TPSA) is 3.24 Å². The molecule has 0 unspecified atom stereocenters. The lowest BCUT2D eigenvalue weighted by atomic mass is 9.85. The molecule has 1 aliphatic heterocycles. The normalized spacial score (nSPS) is 35.8. The van der Waals surface area contributed by atoms with Gasteiger partial charge in [0.05, 0.1) is 6.67 Å². The third kappa shape index (κ3) is 2.47. The number of alkyl halides is 1. The Morgan fingerprint density at radius 1 is 0.929 bits per heavy atom. The van der Waals surface area contributed by atoms with Gasteiger partial charge in [-0.1, -0.05) is 6.42 Å². The highest BCUT2D eigenvalue weighted by Crippen LogP contribution is 2.29. The van der Waals surface area contributed by atoms with Crippen LogP contribution in [-0.4, -0.2) is 30.7 Å². The van der Waals surface area contributed by atoms with E-state index < -0.39 is 0 Å². The molecule has 0 bridgehead atoms. The van der Waals surface area contributed by atoms with Crippen LogP contribution in [0.25, 0.3) is 0 Å². The molecule has 0 N–H and O–H groups in total. The maximum absolute atomic E-state index is 12.4. The molecule has 1 nitrogen and oxygen atoms in total. The Morgan fingerprint density at radius 2 is 1.57 bits per heavy atom. The van der Waals surface area contributed by atoms with Crippen LogP contribution in [0.5, 0.6) is 0 Å². The van der Waals surface area contributed by atoms with E-state index in [-0.39, 0.29) is 6.67 Å². The molecule has 2 heteroatoms. The van der Waals surface area contributed by atoms with Crippen molar-refractivity contribution in [2.45, 2.75) is 51.0 Å².